The number of nitrogens with two attached hydrogens (primary N) is 1. The van der Waals surface area contributed by atoms with Gasteiger partial charge in [-0.3, -0.25) is 0 Å². The van der Waals surface area contributed by atoms with E-state index in [0.29, 0.717) is 17.0 Å². The molecule has 0 fully saturated rings. The van der Waals surface area contributed by atoms with Gasteiger partial charge < -0.3 is 20.1 Å². The van der Waals surface area contributed by atoms with Gasteiger partial charge in [0.05, 0.1) is 18.4 Å². The molecule has 6 heteroatoms. The minimum atomic E-state index is -0.447. The van der Waals surface area contributed by atoms with E-state index >= 15 is 0 Å². The van der Waals surface area contributed by atoms with Gasteiger partial charge in [-0.1, -0.05) is 0 Å². The fourth-order valence-corrected chi connectivity index (χ4v) is 1.71. The highest BCUT2D eigenvalue weighted by Gasteiger charge is 2.10. The lowest BCUT2D eigenvalue weighted by Gasteiger charge is -2.15. The van der Waals surface area contributed by atoms with Crippen molar-refractivity contribution in [1.82, 2.24) is 4.98 Å². The van der Waals surface area contributed by atoms with Crippen LogP contribution in [0.1, 0.15) is 10.4 Å². The van der Waals surface area contributed by atoms with Crippen LogP contribution in [-0.4, -0.2) is 32.2 Å². The number of nitrogens with zero attached hydrogens (tertiary/aromatic N) is 2. The molecule has 0 aliphatic heterocycles. The predicted molar refractivity (Wildman–Crippen MR) is 80.8 cm³/mol. The van der Waals surface area contributed by atoms with Gasteiger partial charge in [0.1, 0.15) is 0 Å². The van der Waals surface area contributed by atoms with Crippen molar-refractivity contribution in [2.24, 2.45) is 0 Å². The van der Waals surface area contributed by atoms with E-state index in [4.69, 9.17) is 10.5 Å². The third-order valence-corrected chi connectivity index (χ3v) is 2.88. The van der Waals surface area contributed by atoms with Crippen LogP contribution >= 0.6 is 0 Å². The number of carbonyl (C=O) groups excluding carboxylic acids is 1. The van der Waals surface area contributed by atoms with E-state index in [0.717, 1.165) is 5.69 Å². The van der Waals surface area contributed by atoms with Gasteiger partial charge in [-0.2, -0.15) is 0 Å². The van der Waals surface area contributed by atoms with Crippen LogP contribution < -0.4 is 15.4 Å². The lowest BCUT2D eigenvalue weighted by Crippen LogP contribution is -2.09. The highest BCUT2D eigenvalue weighted by Crippen LogP contribution is 2.30. The number of nitrogen functional groups attached to an aromatic ring is 1. The fourth-order valence-electron chi connectivity index (χ4n) is 1.71. The first-order valence-electron chi connectivity index (χ1n) is 6.30. The summed E-state index contributed by atoms with van der Waals surface area (Å²) in [6.45, 7) is 0. The zero-order chi connectivity index (χ0) is 15.4. The van der Waals surface area contributed by atoms with E-state index in [1.165, 1.54) is 19.4 Å². The van der Waals surface area contributed by atoms with E-state index in [9.17, 15) is 4.79 Å². The summed E-state index contributed by atoms with van der Waals surface area (Å²) in [4.78, 5) is 17.5. The number of aromatic nitrogens is 1. The summed E-state index contributed by atoms with van der Waals surface area (Å²) in [7, 11) is 5.17. The number of anilines is 2. The molecule has 0 bridgehead atoms. The van der Waals surface area contributed by atoms with Crippen LogP contribution in [0.15, 0.2) is 36.5 Å². The normalized spacial score (nSPS) is 10.0. The van der Waals surface area contributed by atoms with Crippen LogP contribution in [0.4, 0.5) is 11.4 Å². The first kappa shape index (κ1) is 14.6. The molecule has 0 spiro atoms. The standard InChI is InChI=1S/C15H17N3O3/c1-18(2)11-4-5-12(16)13(9-11)21-14-8-10(6-7-17-14)15(19)20-3/h4-9H,16H2,1-3H3. The lowest BCUT2D eigenvalue weighted by atomic mass is 10.2. The van der Waals surface area contributed by atoms with Crippen molar-refractivity contribution < 1.29 is 14.3 Å². The van der Waals surface area contributed by atoms with Crippen LogP contribution in [-0.2, 0) is 4.74 Å². The molecule has 1 aromatic carbocycles. The molecule has 1 aromatic heterocycles. The monoisotopic (exact) mass is 287 g/mol. The summed E-state index contributed by atoms with van der Waals surface area (Å²) >= 11 is 0. The molecule has 110 valence electrons. The largest absolute Gasteiger partial charge is 0.465 e. The summed E-state index contributed by atoms with van der Waals surface area (Å²) in [5.41, 5.74) is 7.70. The number of hydrogen-bond donors (Lipinski definition) is 1. The number of esters is 1. The van der Waals surface area contributed by atoms with Crippen LogP contribution in [0, 0.1) is 0 Å². The van der Waals surface area contributed by atoms with Crippen molar-refractivity contribution in [3.05, 3.63) is 42.1 Å². The number of methoxy groups -OCH3 is 1. The van der Waals surface area contributed by atoms with E-state index in [2.05, 4.69) is 9.72 Å². The predicted octanol–water partition coefficient (Wildman–Crippen LogP) is 2.31. The van der Waals surface area contributed by atoms with Gasteiger partial charge in [0.25, 0.3) is 0 Å². The highest BCUT2D eigenvalue weighted by molar-refractivity contribution is 5.89. The van der Waals surface area contributed by atoms with Gasteiger partial charge in [-0.05, 0) is 18.2 Å². The fraction of sp³-hybridized carbons (Fsp3) is 0.200. The number of benzene rings is 1. The van der Waals surface area contributed by atoms with Gasteiger partial charge in [-0.25, -0.2) is 9.78 Å². The van der Waals surface area contributed by atoms with Crippen molar-refractivity contribution in [1.29, 1.82) is 0 Å². The summed E-state index contributed by atoms with van der Waals surface area (Å²) in [5.74, 6) is 0.313. The molecule has 0 atom stereocenters. The quantitative estimate of drug-likeness (QED) is 0.687. The Balaban J connectivity index is 2.29. The molecule has 0 aliphatic rings. The van der Waals surface area contributed by atoms with E-state index < -0.39 is 5.97 Å². The lowest BCUT2D eigenvalue weighted by molar-refractivity contribution is 0.0600. The zero-order valence-corrected chi connectivity index (χ0v) is 12.2. The van der Waals surface area contributed by atoms with Gasteiger partial charge >= 0.3 is 5.97 Å². The number of pyridine rings is 1. The Morgan fingerprint density at radius 3 is 2.67 bits per heavy atom. The van der Waals surface area contributed by atoms with Gasteiger partial charge in [0.15, 0.2) is 5.75 Å². The van der Waals surface area contributed by atoms with E-state index in [-0.39, 0.29) is 5.88 Å². The van der Waals surface area contributed by atoms with Gasteiger partial charge in [0.2, 0.25) is 5.88 Å². The molecule has 0 aliphatic carbocycles. The first-order chi connectivity index (χ1) is 10.0. The van der Waals surface area contributed by atoms with E-state index in [1.54, 1.807) is 12.1 Å². The molecular formula is C15H17N3O3. The third-order valence-electron chi connectivity index (χ3n) is 2.88. The Hall–Kier alpha value is -2.76. The summed E-state index contributed by atoms with van der Waals surface area (Å²) in [6.07, 6.45) is 1.48. The number of rotatable bonds is 4. The Labute approximate surface area is 123 Å². The maximum atomic E-state index is 11.5. The summed E-state index contributed by atoms with van der Waals surface area (Å²) in [6, 6.07) is 8.52. The summed E-state index contributed by atoms with van der Waals surface area (Å²) in [5, 5.41) is 0. The average Bonchev–Trinajstić information content (AvgIpc) is 2.48. The van der Waals surface area contributed by atoms with Crippen molar-refractivity contribution in [2.75, 3.05) is 31.8 Å². The Bertz CT molecular complexity index is 656. The minimum Gasteiger partial charge on any atom is -0.465 e. The Morgan fingerprint density at radius 1 is 1.24 bits per heavy atom. The van der Waals surface area contributed by atoms with Crippen LogP contribution in [0.3, 0.4) is 0 Å². The second-order valence-corrected chi connectivity index (χ2v) is 4.59. The second kappa shape index (κ2) is 6.13. The van der Waals surface area contributed by atoms with Crippen LogP contribution in [0.5, 0.6) is 11.6 Å². The zero-order valence-electron chi connectivity index (χ0n) is 12.2. The van der Waals surface area contributed by atoms with Crippen molar-refractivity contribution in [3.8, 4) is 11.6 Å². The topological polar surface area (TPSA) is 77.7 Å². The molecule has 6 nitrogen and oxygen atoms in total. The highest BCUT2D eigenvalue weighted by atomic mass is 16.5. The maximum absolute atomic E-state index is 11.5. The molecule has 0 saturated heterocycles. The molecule has 0 radical (unpaired) electrons. The molecule has 0 unspecified atom stereocenters. The van der Waals surface area contributed by atoms with Crippen LogP contribution in [0.25, 0.3) is 0 Å². The number of hydrogen-bond acceptors (Lipinski definition) is 6. The maximum Gasteiger partial charge on any atom is 0.338 e. The molecule has 2 N–H and O–H groups in total. The number of ether oxygens (including phenoxy) is 2. The Kier molecular flexibility index (Phi) is 4.27. The smallest absolute Gasteiger partial charge is 0.338 e. The van der Waals surface area contributed by atoms with Gasteiger partial charge in [-0.15, -0.1) is 0 Å². The third kappa shape index (κ3) is 3.42. The number of carbonyl (C=O) groups is 1. The van der Waals surface area contributed by atoms with Crippen LogP contribution in [0.2, 0.25) is 0 Å². The summed E-state index contributed by atoms with van der Waals surface area (Å²) < 4.78 is 10.3. The molecular weight excluding hydrogens is 270 g/mol. The molecule has 2 aromatic rings. The van der Waals surface area contributed by atoms with Crippen molar-refractivity contribution >= 4 is 17.3 Å². The SMILES string of the molecule is COC(=O)c1ccnc(Oc2cc(N(C)C)ccc2N)c1. The Morgan fingerprint density at radius 2 is 2.00 bits per heavy atom. The molecule has 1 heterocycles. The molecule has 21 heavy (non-hydrogen) atoms. The minimum absolute atomic E-state index is 0.278. The molecule has 2 rings (SSSR count). The average molecular weight is 287 g/mol. The molecule has 0 amide bonds. The van der Waals surface area contributed by atoms with Crippen molar-refractivity contribution in [2.45, 2.75) is 0 Å². The second-order valence-electron chi connectivity index (χ2n) is 4.59. The first-order valence-corrected chi connectivity index (χ1v) is 6.30. The van der Waals surface area contributed by atoms with Gasteiger partial charge in [0, 0.05) is 38.1 Å². The van der Waals surface area contributed by atoms with E-state index in [1.807, 2.05) is 31.1 Å². The molecule has 0 saturated carbocycles. The van der Waals surface area contributed by atoms with Crippen molar-refractivity contribution in [3.63, 3.8) is 0 Å².